The fraction of sp³-hybridized carbons (Fsp3) is 0.111. The number of hydrogen-bond donors (Lipinski definition) is 1. The van der Waals surface area contributed by atoms with Crippen LogP contribution in [0.2, 0.25) is 15.2 Å². The van der Waals surface area contributed by atoms with Crippen LogP contribution in [0.4, 0.5) is 5.13 Å². The molecule has 0 bridgehead atoms. The van der Waals surface area contributed by atoms with Gasteiger partial charge < -0.3 is 4.74 Å². The number of nitrogens with one attached hydrogen (secondary N) is 1. The Balaban J connectivity index is 1.65. The monoisotopic (exact) mass is 455 g/mol. The van der Waals surface area contributed by atoms with Crippen LogP contribution in [0.3, 0.4) is 0 Å². The quantitative estimate of drug-likeness (QED) is 0.413. The SMILES string of the molecule is CC(OC(=O)c1cccnc1Cl)C(=O)Nc1nc(-c2ccc(Cl)cc2Cl)cs1. The van der Waals surface area contributed by atoms with Gasteiger partial charge in [0.1, 0.15) is 5.15 Å². The van der Waals surface area contributed by atoms with Gasteiger partial charge in [0.05, 0.1) is 16.3 Å². The Kier molecular flexibility index (Phi) is 6.51. The third-order valence-corrected chi connectivity index (χ3v) is 5.18. The average molecular weight is 457 g/mol. The molecule has 1 atom stereocenters. The summed E-state index contributed by atoms with van der Waals surface area (Å²) in [5.41, 5.74) is 1.36. The lowest BCUT2D eigenvalue weighted by Gasteiger charge is -2.12. The molecule has 10 heteroatoms. The molecule has 2 aromatic heterocycles. The molecule has 1 unspecified atom stereocenters. The van der Waals surface area contributed by atoms with Crippen molar-refractivity contribution >= 4 is 63.1 Å². The Morgan fingerprint density at radius 3 is 2.71 bits per heavy atom. The van der Waals surface area contributed by atoms with E-state index in [1.54, 1.807) is 29.6 Å². The van der Waals surface area contributed by atoms with Crippen molar-refractivity contribution in [2.75, 3.05) is 5.32 Å². The number of rotatable bonds is 5. The Bertz CT molecular complexity index is 1040. The fourth-order valence-electron chi connectivity index (χ4n) is 2.17. The Hall–Kier alpha value is -2.19. The minimum Gasteiger partial charge on any atom is -0.449 e. The number of halogens is 3. The topological polar surface area (TPSA) is 81.2 Å². The highest BCUT2D eigenvalue weighted by molar-refractivity contribution is 7.14. The summed E-state index contributed by atoms with van der Waals surface area (Å²) in [6.07, 6.45) is 0.387. The molecule has 3 rings (SSSR count). The molecule has 3 aromatic rings. The van der Waals surface area contributed by atoms with E-state index in [1.807, 2.05) is 0 Å². The van der Waals surface area contributed by atoms with Crippen molar-refractivity contribution in [1.29, 1.82) is 0 Å². The zero-order valence-electron chi connectivity index (χ0n) is 14.3. The molecule has 0 saturated carbocycles. The van der Waals surface area contributed by atoms with Gasteiger partial charge in [-0.3, -0.25) is 10.1 Å². The van der Waals surface area contributed by atoms with E-state index in [0.29, 0.717) is 26.4 Å². The van der Waals surface area contributed by atoms with Crippen LogP contribution in [0.15, 0.2) is 41.9 Å². The lowest BCUT2D eigenvalue weighted by molar-refractivity contribution is -0.123. The largest absolute Gasteiger partial charge is 0.449 e. The molecule has 1 amide bonds. The van der Waals surface area contributed by atoms with Crippen LogP contribution >= 0.6 is 46.1 Å². The summed E-state index contributed by atoms with van der Waals surface area (Å²) in [5.74, 6) is -1.27. The van der Waals surface area contributed by atoms with Crippen LogP contribution in [0.5, 0.6) is 0 Å². The van der Waals surface area contributed by atoms with E-state index >= 15 is 0 Å². The maximum atomic E-state index is 12.3. The van der Waals surface area contributed by atoms with Gasteiger partial charge in [-0.25, -0.2) is 14.8 Å². The van der Waals surface area contributed by atoms with Gasteiger partial charge in [-0.2, -0.15) is 0 Å². The number of thiazole rings is 1. The normalized spacial score (nSPS) is 11.7. The predicted octanol–water partition coefficient (Wildman–Crippen LogP) is 5.35. The first kappa shape index (κ1) is 20.5. The average Bonchev–Trinajstić information content (AvgIpc) is 3.10. The van der Waals surface area contributed by atoms with Gasteiger partial charge in [-0.15, -0.1) is 11.3 Å². The highest BCUT2D eigenvalue weighted by Crippen LogP contribution is 2.32. The highest BCUT2D eigenvalue weighted by Gasteiger charge is 2.22. The summed E-state index contributed by atoms with van der Waals surface area (Å²) in [7, 11) is 0. The lowest BCUT2D eigenvalue weighted by Crippen LogP contribution is -2.30. The van der Waals surface area contributed by atoms with Crippen LogP contribution in [0.25, 0.3) is 11.3 Å². The molecule has 0 aliphatic carbocycles. The van der Waals surface area contributed by atoms with E-state index in [-0.39, 0.29) is 10.7 Å². The van der Waals surface area contributed by atoms with Crippen molar-refractivity contribution in [3.63, 3.8) is 0 Å². The third kappa shape index (κ3) is 4.80. The first-order chi connectivity index (χ1) is 13.3. The number of amides is 1. The van der Waals surface area contributed by atoms with Crippen LogP contribution < -0.4 is 5.32 Å². The third-order valence-electron chi connectivity index (χ3n) is 3.57. The number of esters is 1. The molecule has 0 aliphatic rings. The number of aromatic nitrogens is 2. The maximum absolute atomic E-state index is 12.3. The molecule has 6 nitrogen and oxygen atoms in total. The van der Waals surface area contributed by atoms with Crippen molar-refractivity contribution in [2.24, 2.45) is 0 Å². The zero-order valence-corrected chi connectivity index (χ0v) is 17.4. The molecular weight excluding hydrogens is 445 g/mol. The molecule has 0 saturated heterocycles. The minimum absolute atomic E-state index is 0.00418. The van der Waals surface area contributed by atoms with Gasteiger partial charge in [-0.05, 0) is 37.3 Å². The van der Waals surface area contributed by atoms with Crippen LogP contribution in [0.1, 0.15) is 17.3 Å². The molecule has 0 radical (unpaired) electrons. The minimum atomic E-state index is -1.06. The zero-order chi connectivity index (χ0) is 20.3. The van der Waals surface area contributed by atoms with E-state index < -0.39 is 18.0 Å². The summed E-state index contributed by atoms with van der Waals surface area (Å²) in [5, 5.41) is 5.67. The van der Waals surface area contributed by atoms with Gasteiger partial charge >= 0.3 is 5.97 Å². The number of pyridine rings is 1. The Morgan fingerprint density at radius 2 is 2.00 bits per heavy atom. The number of hydrogen-bond acceptors (Lipinski definition) is 6. The van der Waals surface area contributed by atoms with Crippen molar-refractivity contribution in [3.8, 4) is 11.3 Å². The second-order valence-corrected chi connectivity index (χ2v) is 7.60. The van der Waals surface area contributed by atoms with Gasteiger partial charge in [0.15, 0.2) is 11.2 Å². The predicted molar refractivity (Wildman–Crippen MR) is 110 cm³/mol. The summed E-state index contributed by atoms with van der Waals surface area (Å²) in [6, 6.07) is 8.07. The molecule has 28 heavy (non-hydrogen) atoms. The fourth-order valence-corrected chi connectivity index (χ4v) is 3.59. The Morgan fingerprint density at radius 1 is 1.21 bits per heavy atom. The molecular formula is C18H12Cl3N3O3S. The molecule has 0 spiro atoms. The standard InChI is InChI=1S/C18H12Cl3N3O3S/c1-9(27-17(26)12-3-2-6-22-15(12)21)16(25)24-18-23-14(8-28-18)11-5-4-10(19)7-13(11)20/h2-9H,1H3,(H,23,24,25). The number of ether oxygens (including phenoxy) is 1. The molecule has 0 aliphatic heterocycles. The second-order valence-electron chi connectivity index (χ2n) is 5.54. The van der Waals surface area contributed by atoms with E-state index in [0.717, 1.165) is 0 Å². The number of nitrogens with zero attached hydrogens (tertiary/aromatic N) is 2. The summed E-state index contributed by atoms with van der Waals surface area (Å²) < 4.78 is 5.14. The molecule has 2 heterocycles. The maximum Gasteiger partial charge on any atom is 0.342 e. The number of carbonyl (C=O) groups is 2. The first-order valence-corrected chi connectivity index (χ1v) is 9.90. The van der Waals surface area contributed by atoms with Gasteiger partial charge in [0.25, 0.3) is 5.91 Å². The van der Waals surface area contributed by atoms with Gasteiger partial charge in [-0.1, -0.05) is 34.8 Å². The van der Waals surface area contributed by atoms with Crippen molar-refractivity contribution in [1.82, 2.24) is 9.97 Å². The van der Waals surface area contributed by atoms with Gasteiger partial charge in [0.2, 0.25) is 0 Å². The number of anilines is 1. The molecule has 1 N–H and O–H groups in total. The number of carbonyl (C=O) groups excluding carboxylic acids is 2. The van der Waals surface area contributed by atoms with Crippen LogP contribution in [-0.4, -0.2) is 27.9 Å². The van der Waals surface area contributed by atoms with Crippen LogP contribution in [0, 0.1) is 0 Å². The van der Waals surface area contributed by atoms with Gasteiger partial charge in [0, 0.05) is 22.2 Å². The van der Waals surface area contributed by atoms with E-state index in [1.165, 1.54) is 30.5 Å². The van der Waals surface area contributed by atoms with Crippen molar-refractivity contribution < 1.29 is 14.3 Å². The highest BCUT2D eigenvalue weighted by atomic mass is 35.5. The summed E-state index contributed by atoms with van der Waals surface area (Å²) in [4.78, 5) is 32.6. The molecule has 1 aromatic carbocycles. The van der Waals surface area contributed by atoms with Crippen molar-refractivity contribution in [2.45, 2.75) is 13.0 Å². The second kappa shape index (κ2) is 8.87. The smallest absolute Gasteiger partial charge is 0.342 e. The van der Waals surface area contributed by atoms with E-state index in [2.05, 4.69) is 15.3 Å². The first-order valence-electron chi connectivity index (χ1n) is 7.88. The Labute approximate surface area is 179 Å². The summed E-state index contributed by atoms with van der Waals surface area (Å²) >= 11 is 19.1. The lowest BCUT2D eigenvalue weighted by atomic mass is 10.2. The van der Waals surface area contributed by atoms with E-state index in [4.69, 9.17) is 39.5 Å². The number of benzene rings is 1. The van der Waals surface area contributed by atoms with Crippen molar-refractivity contribution in [3.05, 3.63) is 62.7 Å². The molecule has 0 fully saturated rings. The summed E-state index contributed by atoms with van der Waals surface area (Å²) in [6.45, 7) is 1.45. The van der Waals surface area contributed by atoms with E-state index in [9.17, 15) is 9.59 Å². The van der Waals surface area contributed by atoms with Crippen LogP contribution in [-0.2, 0) is 9.53 Å². The molecule has 144 valence electrons.